The fourth-order valence-corrected chi connectivity index (χ4v) is 8.31. The highest BCUT2D eigenvalue weighted by Crippen LogP contribution is 2.42. The van der Waals surface area contributed by atoms with Crippen LogP contribution in [0, 0.1) is 0 Å². The molecule has 0 spiro atoms. The van der Waals surface area contributed by atoms with Crippen LogP contribution in [0.15, 0.2) is 174 Å². The first-order valence-electron chi connectivity index (χ1n) is 16.9. The van der Waals surface area contributed by atoms with E-state index in [-0.39, 0.29) is 0 Å². The summed E-state index contributed by atoms with van der Waals surface area (Å²) >= 11 is 0. The molecule has 1 heterocycles. The molecule has 0 atom stereocenters. The normalized spacial score (nSPS) is 12.1. The van der Waals surface area contributed by atoms with Crippen molar-refractivity contribution in [2.45, 2.75) is 0 Å². The first-order valence-corrected chi connectivity index (χ1v) is 16.9. The zero-order chi connectivity index (χ0) is 32.1. The predicted molar refractivity (Wildman–Crippen MR) is 210 cm³/mol. The van der Waals surface area contributed by atoms with Crippen molar-refractivity contribution in [3.63, 3.8) is 0 Å². The number of rotatable bonds is 2. The molecule has 0 radical (unpaired) electrons. The van der Waals surface area contributed by atoms with E-state index in [1.807, 2.05) is 0 Å². The largest absolute Gasteiger partial charge is 0.456 e. The zero-order valence-corrected chi connectivity index (χ0v) is 26.6. The summed E-state index contributed by atoms with van der Waals surface area (Å²) in [6, 6.07) is 62.2. The molecule has 0 amide bonds. The van der Waals surface area contributed by atoms with E-state index in [0.29, 0.717) is 0 Å². The third kappa shape index (κ3) is 3.87. The van der Waals surface area contributed by atoms with Crippen LogP contribution in [0.25, 0.3) is 109 Å². The van der Waals surface area contributed by atoms with Crippen LogP contribution in [0.2, 0.25) is 0 Å². The molecule has 0 fully saturated rings. The lowest BCUT2D eigenvalue weighted by Gasteiger charge is -2.13. The van der Waals surface area contributed by atoms with Crippen LogP contribution in [0.4, 0.5) is 0 Å². The van der Waals surface area contributed by atoms with Crippen molar-refractivity contribution in [2.75, 3.05) is 0 Å². The topological polar surface area (TPSA) is 13.1 Å². The number of fused-ring (bicyclic) bond motifs is 13. The maximum atomic E-state index is 6.46. The Morgan fingerprint density at radius 1 is 0.245 bits per heavy atom. The molecular weight excluding hydrogens is 593 g/mol. The van der Waals surface area contributed by atoms with Crippen LogP contribution >= 0.6 is 0 Å². The van der Waals surface area contributed by atoms with E-state index in [2.05, 4.69) is 170 Å². The molecule has 0 aliphatic rings. The van der Waals surface area contributed by atoms with E-state index in [1.54, 1.807) is 0 Å². The van der Waals surface area contributed by atoms with Crippen LogP contribution in [0.5, 0.6) is 0 Å². The number of hydrogen-bond donors (Lipinski definition) is 0. The molecule has 0 aliphatic carbocycles. The molecule has 11 rings (SSSR count). The summed E-state index contributed by atoms with van der Waals surface area (Å²) in [4.78, 5) is 0. The Hall–Kier alpha value is -6.44. The lowest BCUT2D eigenvalue weighted by molar-refractivity contribution is 0.669. The van der Waals surface area contributed by atoms with Gasteiger partial charge in [0, 0.05) is 10.8 Å². The Balaban J connectivity index is 1.16. The maximum Gasteiger partial charge on any atom is 0.135 e. The number of hydrogen-bond acceptors (Lipinski definition) is 1. The third-order valence-corrected chi connectivity index (χ3v) is 10.6. The summed E-state index contributed by atoms with van der Waals surface area (Å²) in [7, 11) is 0. The fraction of sp³-hybridized carbons (Fsp3) is 0. The maximum absolute atomic E-state index is 6.46. The van der Waals surface area contributed by atoms with E-state index >= 15 is 0 Å². The molecular formula is C48H28O. The second kappa shape index (κ2) is 10.0. The van der Waals surface area contributed by atoms with Gasteiger partial charge in [0.15, 0.2) is 0 Å². The number of benzene rings is 10. The van der Waals surface area contributed by atoms with E-state index < -0.39 is 0 Å². The van der Waals surface area contributed by atoms with Crippen LogP contribution in [0.1, 0.15) is 0 Å². The Labute approximate surface area is 282 Å². The summed E-state index contributed by atoms with van der Waals surface area (Å²) in [5.74, 6) is 0. The molecule has 10 aromatic carbocycles. The van der Waals surface area contributed by atoms with E-state index in [4.69, 9.17) is 4.42 Å². The van der Waals surface area contributed by atoms with Crippen molar-refractivity contribution < 1.29 is 4.42 Å². The van der Waals surface area contributed by atoms with Crippen molar-refractivity contribution in [1.29, 1.82) is 0 Å². The first-order chi connectivity index (χ1) is 24.3. The Bertz CT molecular complexity index is 2950. The van der Waals surface area contributed by atoms with Crippen LogP contribution in [0.3, 0.4) is 0 Å². The molecule has 0 aliphatic heterocycles. The summed E-state index contributed by atoms with van der Waals surface area (Å²) in [5, 5.41) is 17.5. The average molecular weight is 621 g/mol. The SMILES string of the molecule is c1ccc2c(c1)ccc1c3ccccc3c(-c3ccc4oc5ccc(-c6cc7c8ccccc8ccc7c7ccccc67)cc5c4c3)cc21. The van der Waals surface area contributed by atoms with Gasteiger partial charge in [0.2, 0.25) is 0 Å². The Kier molecular flexibility index (Phi) is 5.45. The van der Waals surface area contributed by atoms with Crippen molar-refractivity contribution in [3.05, 3.63) is 170 Å². The Morgan fingerprint density at radius 2 is 0.633 bits per heavy atom. The van der Waals surface area contributed by atoms with Crippen LogP contribution < -0.4 is 0 Å². The average Bonchev–Trinajstić information content (AvgIpc) is 3.54. The molecule has 0 bridgehead atoms. The predicted octanol–water partition coefficient (Wildman–Crippen LogP) is 13.8. The molecule has 226 valence electrons. The van der Waals surface area contributed by atoms with Crippen molar-refractivity contribution in [1.82, 2.24) is 0 Å². The lowest BCUT2D eigenvalue weighted by Crippen LogP contribution is -1.87. The van der Waals surface area contributed by atoms with Crippen LogP contribution in [-0.2, 0) is 0 Å². The molecule has 11 aromatic rings. The van der Waals surface area contributed by atoms with Gasteiger partial charge >= 0.3 is 0 Å². The lowest BCUT2D eigenvalue weighted by atomic mass is 9.90. The highest BCUT2D eigenvalue weighted by atomic mass is 16.3. The van der Waals surface area contributed by atoms with Gasteiger partial charge < -0.3 is 4.42 Å². The number of furan rings is 1. The fourth-order valence-electron chi connectivity index (χ4n) is 8.31. The van der Waals surface area contributed by atoms with Crippen LogP contribution in [-0.4, -0.2) is 0 Å². The van der Waals surface area contributed by atoms with Gasteiger partial charge in [-0.1, -0.05) is 133 Å². The van der Waals surface area contributed by atoms with Crippen molar-refractivity contribution >= 4 is 86.6 Å². The van der Waals surface area contributed by atoms with Gasteiger partial charge in [0.05, 0.1) is 0 Å². The third-order valence-electron chi connectivity index (χ3n) is 10.6. The van der Waals surface area contributed by atoms with Crippen molar-refractivity contribution in [2.24, 2.45) is 0 Å². The van der Waals surface area contributed by atoms with Gasteiger partial charge in [-0.25, -0.2) is 0 Å². The summed E-state index contributed by atoms with van der Waals surface area (Å²) in [6.07, 6.45) is 0. The summed E-state index contributed by atoms with van der Waals surface area (Å²) in [5.41, 5.74) is 6.66. The molecule has 0 N–H and O–H groups in total. The second-order valence-electron chi connectivity index (χ2n) is 13.2. The molecule has 0 saturated carbocycles. The molecule has 49 heavy (non-hydrogen) atoms. The van der Waals surface area contributed by atoms with Gasteiger partial charge in [-0.15, -0.1) is 0 Å². The van der Waals surface area contributed by atoms with E-state index in [1.165, 1.54) is 86.9 Å². The van der Waals surface area contributed by atoms with E-state index in [9.17, 15) is 0 Å². The second-order valence-corrected chi connectivity index (χ2v) is 13.2. The minimum absolute atomic E-state index is 0.904. The molecule has 0 saturated heterocycles. The Morgan fingerprint density at radius 3 is 1.10 bits per heavy atom. The quantitative estimate of drug-likeness (QED) is 0.175. The van der Waals surface area contributed by atoms with Gasteiger partial charge in [0.1, 0.15) is 11.2 Å². The molecule has 1 heteroatoms. The zero-order valence-electron chi connectivity index (χ0n) is 26.6. The minimum atomic E-state index is 0.904. The van der Waals surface area contributed by atoms with Gasteiger partial charge in [-0.05, 0) is 123 Å². The first kappa shape index (κ1) is 26.6. The summed E-state index contributed by atoms with van der Waals surface area (Å²) in [6.45, 7) is 0. The smallest absolute Gasteiger partial charge is 0.135 e. The minimum Gasteiger partial charge on any atom is -0.456 e. The molecule has 1 aromatic heterocycles. The van der Waals surface area contributed by atoms with Gasteiger partial charge in [-0.2, -0.15) is 0 Å². The van der Waals surface area contributed by atoms with Gasteiger partial charge in [0.25, 0.3) is 0 Å². The monoisotopic (exact) mass is 620 g/mol. The summed E-state index contributed by atoms with van der Waals surface area (Å²) < 4.78 is 6.46. The van der Waals surface area contributed by atoms with Gasteiger partial charge in [-0.3, -0.25) is 0 Å². The highest BCUT2D eigenvalue weighted by Gasteiger charge is 2.16. The van der Waals surface area contributed by atoms with E-state index in [0.717, 1.165) is 21.9 Å². The molecule has 1 nitrogen and oxygen atoms in total. The standard InChI is InChI=1S/C48H28O/c1-3-11-33-29(9-1)17-21-39-35-13-5-7-15-37(35)41(27-43(33)39)31-19-23-47-45(25-31)46-26-32(20-24-48(46)49-47)42-28-44-34-12-4-2-10-30(34)18-22-40(44)36-14-6-8-16-38(36)42/h1-28H. The van der Waals surface area contributed by atoms with Crippen molar-refractivity contribution in [3.8, 4) is 22.3 Å². The highest BCUT2D eigenvalue weighted by molar-refractivity contribution is 6.23. The molecule has 0 unspecified atom stereocenters.